The quantitative estimate of drug-likeness (QED) is 0.128. The number of hydrogen-bond donors (Lipinski definition) is 0. The Hall–Kier alpha value is -5.24. The molecule has 0 amide bonds. The van der Waals surface area contributed by atoms with Crippen LogP contribution in [0.4, 0.5) is 0 Å². The monoisotopic (exact) mass is 684 g/mol. The minimum Gasteiger partial charge on any atom is -0.0623 e. The zero-order valence-electron chi connectivity index (χ0n) is 31.0. The lowest BCUT2D eigenvalue weighted by atomic mass is 9.82. The molecule has 52 heavy (non-hydrogen) atoms. The molecule has 0 heterocycles. The number of hydrogen-bond acceptors (Lipinski definition) is 0. The number of rotatable bonds is 4. The molecule has 0 N–H and O–H groups in total. The first-order valence-corrected chi connectivity index (χ1v) is 20.9. The van der Waals surface area contributed by atoms with E-state index in [4.69, 9.17) is 0 Å². The van der Waals surface area contributed by atoms with E-state index in [0.717, 1.165) is 0 Å². The van der Waals surface area contributed by atoms with Gasteiger partial charge in [-0.15, -0.1) is 0 Å². The lowest BCUT2D eigenvalue weighted by Gasteiger charge is -2.43. The van der Waals surface area contributed by atoms with E-state index in [1.165, 1.54) is 87.5 Å². The predicted molar refractivity (Wildman–Crippen MR) is 223 cm³/mol. The minimum atomic E-state index is -3.15. The molecule has 0 aliphatic heterocycles. The third-order valence-electron chi connectivity index (χ3n) is 13.2. The van der Waals surface area contributed by atoms with E-state index in [-0.39, 0.29) is 16.2 Å². The molecule has 252 valence electrons. The third-order valence-corrected chi connectivity index (χ3v) is 18.0. The summed E-state index contributed by atoms with van der Waals surface area (Å²) >= 11 is 0. The molecule has 10 rings (SSSR count). The maximum Gasteiger partial charge on any atom is 0.180 e. The van der Waals surface area contributed by atoms with Gasteiger partial charge in [-0.1, -0.05) is 199 Å². The number of benzene rings is 7. The van der Waals surface area contributed by atoms with Gasteiger partial charge in [0.1, 0.15) is 0 Å². The Labute approximate surface area is 309 Å². The van der Waals surface area contributed by atoms with E-state index in [0.29, 0.717) is 0 Å². The van der Waals surface area contributed by atoms with Gasteiger partial charge >= 0.3 is 0 Å². The largest absolute Gasteiger partial charge is 0.180 e. The van der Waals surface area contributed by atoms with E-state index in [2.05, 4.69) is 199 Å². The van der Waals surface area contributed by atoms with Crippen LogP contribution in [0.15, 0.2) is 158 Å². The Balaban J connectivity index is 1.44. The molecule has 0 atom stereocenters. The topological polar surface area (TPSA) is 0 Å². The van der Waals surface area contributed by atoms with Gasteiger partial charge in [-0.3, -0.25) is 0 Å². The summed E-state index contributed by atoms with van der Waals surface area (Å²) in [6.07, 6.45) is 0. The molecule has 0 saturated carbocycles. The summed E-state index contributed by atoms with van der Waals surface area (Å²) in [5, 5.41) is 5.98. The molecule has 1 heteroatoms. The lowest BCUT2D eigenvalue weighted by Crippen LogP contribution is -2.77. The highest BCUT2D eigenvalue weighted by atomic mass is 28.3. The molecule has 0 nitrogen and oxygen atoms in total. The van der Waals surface area contributed by atoms with Crippen LogP contribution >= 0.6 is 0 Å². The van der Waals surface area contributed by atoms with Crippen LogP contribution in [0.25, 0.3) is 33.4 Å². The van der Waals surface area contributed by atoms with Crippen molar-refractivity contribution >= 4 is 28.8 Å². The molecule has 0 fully saturated rings. The summed E-state index contributed by atoms with van der Waals surface area (Å²) in [4.78, 5) is 0. The van der Waals surface area contributed by atoms with Gasteiger partial charge in [0.05, 0.1) is 0 Å². The first-order chi connectivity index (χ1) is 25.1. The summed E-state index contributed by atoms with van der Waals surface area (Å²) in [6, 6.07) is 61.0. The first-order valence-electron chi connectivity index (χ1n) is 18.9. The average Bonchev–Trinajstić information content (AvgIpc) is 3.66. The molecule has 7 aromatic carbocycles. The zero-order valence-corrected chi connectivity index (χ0v) is 32.0. The van der Waals surface area contributed by atoms with E-state index < -0.39 is 8.07 Å². The van der Waals surface area contributed by atoms with Gasteiger partial charge in [-0.2, -0.15) is 0 Å². The normalized spacial score (nSPS) is 16.3. The lowest BCUT2D eigenvalue weighted by molar-refractivity contribution is 0.661. The van der Waals surface area contributed by atoms with Gasteiger partial charge in [0.2, 0.25) is 0 Å². The fourth-order valence-electron chi connectivity index (χ4n) is 11.1. The maximum atomic E-state index is 2.54. The van der Waals surface area contributed by atoms with E-state index in [1.807, 2.05) is 0 Å². The van der Waals surface area contributed by atoms with Crippen LogP contribution < -0.4 is 20.7 Å². The van der Waals surface area contributed by atoms with Crippen LogP contribution in [-0.2, 0) is 16.2 Å². The van der Waals surface area contributed by atoms with Crippen LogP contribution in [0.2, 0.25) is 0 Å². The van der Waals surface area contributed by atoms with Gasteiger partial charge in [-0.05, 0) is 87.5 Å². The summed E-state index contributed by atoms with van der Waals surface area (Å²) < 4.78 is 0. The molecule has 3 aliphatic carbocycles. The minimum absolute atomic E-state index is 0.178. The summed E-state index contributed by atoms with van der Waals surface area (Å²) in [5.41, 5.74) is 16.5. The Morgan fingerprint density at radius 3 is 0.923 bits per heavy atom. The molecule has 0 radical (unpaired) electrons. The Morgan fingerprint density at radius 2 is 0.577 bits per heavy atom. The highest BCUT2D eigenvalue weighted by Gasteiger charge is 2.54. The van der Waals surface area contributed by atoms with E-state index >= 15 is 0 Å². The van der Waals surface area contributed by atoms with Gasteiger partial charge in [0.25, 0.3) is 0 Å². The maximum absolute atomic E-state index is 3.15. The van der Waals surface area contributed by atoms with Crippen molar-refractivity contribution in [1.29, 1.82) is 0 Å². The van der Waals surface area contributed by atoms with Crippen LogP contribution in [0.3, 0.4) is 0 Å². The van der Waals surface area contributed by atoms with Crippen molar-refractivity contribution in [3.8, 4) is 33.4 Å². The van der Waals surface area contributed by atoms with Gasteiger partial charge < -0.3 is 0 Å². The molecule has 0 bridgehead atoms. The molecule has 0 unspecified atom stereocenters. The SMILES string of the molecule is CC1(C)c2ccccc2-c2cccc([Si](c3ccccc3)(c3cccc4c3C(C)(C)c3ccccc3-4)c3cccc4c3C(C)(C)c3ccccc3-4)c21. The molecule has 0 saturated heterocycles. The van der Waals surface area contributed by atoms with Crippen LogP contribution in [0, 0.1) is 0 Å². The molecular weight excluding hydrogens is 641 g/mol. The Kier molecular flexibility index (Phi) is 6.45. The van der Waals surface area contributed by atoms with Gasteiger partial charge in [0.15, 0.2) is 8.07 Å². The second-order valence-electron chi connectivity index (χ2n) is 16.8. The molecular formula is C51H44Si. The van der Waals surface area contributed by atoms with Crippen molar-refractivity contribution in [3.63, 3.8) is 0 Å². The second-order valence-corrected chi connectivity index (χ2v) is 20.5. The van der Waals surface area contributed by atoms with Crippen molar-refractivity contribution < 1.29 is 0 Å². The van der Waals surface area contributed by atoms with Crippen molar-refractivity contribution in [2.75, 3.05) is 0 Å². The second kappa shape index (κ2) is 10.7. The van der Waals surface area contributed by atoms with Gasteiger partial charge in [-0.25, -0.2) is 0 Å². The van der Waals surface area contributed by atoms with Crippen molar-refractivity contribution in [3.05, 3.63) is 191 Å². The molecule has 0 aromatic heterocycles. The smallest absolute Gasteiger partial charge is 0.0623 e. The van der Waals surface area contributed by atoms with Crippen molar-refractivity contribution in [2.45, 2.75) is 57.8 Å². The zero-order chi connectivity index (χ0) is 35.6. The standard InChI is InChI=1S/C51H44Si/c1-49(2)40-27-13-10-21-34(40)37-24-16-30-43(46(37)49)52(33-19-8-7-9-20-33,44-31-17-25-38-35-22-11-14-28-41(35)50(3,4)47(38)44)45-32-18-26-39-36-23-12-15-29-42(36)51(5,6)48(39)45/h7-32H,1-6H3. The van der Waals surface area contributed by atoms with Gasteiger partial charge in [0, 0.05) is 16.2 Å². The van der Waals surface area contributed by atoms with E-state index in [1.54, 1.807) is 0 Å². The fraction of sp³-hybridized carbons (Fsp3) is 0.176. The highest BCUT2D eigenvalue weighted by molar-refractivity contribution is 7.20. The van der Waals surface area contributed by atoms with Crippen LogP contribution in [0.1, 0.15) is 74.9 Å². The van der Waals surface area contributed by atoms with E-state index in [9.17, 15) is 0 Å². The summed E-state index contributed by atoms with van der Waals surface area (Å²) in [5.74, 6) is 0. The highest BCUT2D eigenvalue weighted by Crippen LogP contribution is 2.52. The third kappa shape index (κ3) is 3.82. The molecule has 0 spiro atoms. The molecule has 7 aromatic rings. The average molecular weight is 685 g/mol. The Bertz CT molecular complexity index is 2340. The van der Waals surface area contributed by atoms with Crippen LogP contribution in [-0.4, -0.2) is 8.07 Å². The van der Waals surface area contributed by atoms with Crippen LogP contribution in [0.5, 0.6) is 0 Å². The summed E-state index contributed by atoms with van der Waals surface area (Å²) in [7, 11) is -3.15. The Morgan fingerprint density at radius 1 is 0.288 bits per heavy atom. The number of fused-ring (bicyclic) bond motifs is 9. The first kappa shape index (κ1) is 31.5. The molecule has 3 aliphatic rings. The predicted octanol–water partition coefficient (Wildman–Crippen LogP) is 9.98. The fourth-order valence-corrected chi connectivity index (χ4v) is 17.1. The van der Waals surface area contributed by atoms with Crippen molar-refractivity contribution in [1.82, 2.24) is 0 Å². The summed E-state index contributed by atoms with van der Waals surface area (Å²) in [6.45, 7) is 14.8. The van der Waals surface area contributed by atoms with Crippen molar-refractivity contribution in [2.24, 2.45) is 0 Å².